The Morgan fingerprint density at radius 2 is 2.00 bits per heavy atom. The Hall–Kier alpha value is 0.390. The average Bonchev–Trinajstić information content (AvgIpc) is 1.83. The number of rotatable bonds is 4. The van der Waals surface area contributed by atoms with Crippen LogP contribution in [-0.2, 0) is 0 Å². The molecule has 0 saturated carbocycles. The average molecular weight is 133 g/mol. The van der Waals surface area contributed by atoms with Gasteiger partial charge in [-0.15, -0.1) is 0 Å². The SMILES string of the molecule is CCCCN(P)CC. The van der Waals surface area contributed by atoms with Crippen LogP contribution in [0.2, 0.25) is 0 Å². The summed E-state index contributed by atoms with van der Waals surface area (Å²) in [6, 6.07) is 0. The van der Waals surface area contributed by atoms with Gasteiger partial charge in [0.05, 0.1) is 0 Å². The van der Waals surface area contributed by atoms with Gasteiger partial charge in [0.15, 0.2) is 0 Å². The molecule has 0 saturated heterocycles. The van der Waals surface area contributed by atoms with Crippen molar-refractivity contribution < 1.29 is 0 Å². The van der Waals surface area contributed by atoms with Crippen molar-refractivity contribution >= 4 is 9.39 Å². The molecule has 1 atom stereocenters. The van der Waals surface area contributed by atoms with Crippen molar-refractivity contribution in [3.8, 4) is 0 Å². The molecule has 0 rings (SSSR count). The summed E-state index contributed by atoms with van der Waals surface area (Å²) in [5.41, 5.74) is 0. The predicted molar refractivity (Wildman–Crippen MR) is 41.9 cm³/mol. The van der Waals surface area contributed by atoms with E-state index in [1.165, 1.54) is 19.4 Å². The highest BCUT2D eigenvalue weighted by molar-refractivity contribution is 7.13. The summed E-state index contributed by atoms with van der Waals surface area (Å²) in [6.45, 7) is 6.75. The van der Waals surface area contributed by atoms with Crippen molar-refractivity contribution in [2.75, 3.05) is 13.1 Å². The highest BCUT2D eigenvalue weighted by Gasteiger charge is 1.89. The van der Waals surface area contributed by atoms with Gasteiger partial charge in [-0.05, 0) is 13.0 Å². The number of unbranched alkanes of at least 4 members (excludes halogenated alkanes) is 1. The quantitative estimate of drug-likeness (QED) is 0.529. The molecule has 0 N–H and O–H groups in total. The molecule has 0 spiro atoms. The van der Waals surface area contributed by atoms with E-state index in [-0.39, 0.29) is 0 Å². The van der Waals surface area contributed by atoms with E-state index in [0.717, 1.165) is 6.54 Å². The number of hydrogen-bond donors (Lipinski definition) is 0. The van der Waals surface area contributed by atoms with E-state index in [9.17, 15) is 0 Å². The first-order valence-electron chi connectivity index (χ1n) is 3.30. The maximum Gasteiger partial charge on any atom is 0.00159 e. The van der Waals surface area contributed by atoms with Crippen molar-refractivity contribution in [1.29, 1.82) is 0 Å². The fraction of sp³-hybridized carbons (Fsp3) is 1.00. The summed E-state index contributed by atoms with van der Waals surface area (Å²) < 4.78 is 2.25. The third-order valence-electron chi connectivity index (χ3n) is 1.21. The van der Waals surface area contributed by atoms with Gasteiger partial charge < -0.3 is 0 Å². The van der Waals surface area contributed by atoms with E-state index in [4.69, 9.17) is 0 Å². The summed E-state index contributed by atoms with van der Waals surface area (Å²) >= 11 is 0. The standard InChI is InChI=1S/C6H16NP/c1-3-5-6-7(8)4-2/h3-6,8H2,1-2H3. The lowest BCUT2D eigenvalue weighted by molar-refractivity contribution is 0.478. The fourth-order valence-corrected chi connectivity index (χ4v) is 0.702. The van der Waals surface area contributed by atoms with Crippen LogP contribution >= 0.6 is 9.39 Å². The Labute approximate surface area is 54.7 Å². The van der Waals surface area contributed by atoms with Crippen LogP contribution in [0, 0.1) is 0 Å². The van der Waals surface area contributed by atoms with Crippen LogP contribution in [0.4, 0.5) is 0 Å². The highest BCUT2D eigenvalue weighted by atomic mass is 31.0. The summed E-state index contributed by atoms with van der Waals surface area (Å²) in [5, 5.41) is 0. The summed E-state index contributed by atoms with van der Waals surface area (Å²) in [6.07, 6.45) is 2.61. The minimum Gasteiger partial charge on any atom is -0.288 e. The fourth-order valence-electron chi connectivity index (χ4n) is 0.519. The minimum atomic E-state index is 1.14. The van der Waals surface area contributed by atoms with Gasteiger partial charge in [-0.3, -0.25) is 4.67 Å². The molecule has 0 aliphatic rings. The Kier molecular flexibility index (Phi) is 5.79. The molecule has 0 aromatic heterocycles. The zero-order chi connectivity index (χ0) is 6.41. The zero-order valence-electron chi connectivity index (χ0n) is 5.85. The molecule has 0 amide bonds. The largest absolute Gasteiger partial charge is 0.288 e. The van der Waals surface area contributed by atoms with Crippen LogP contribution in [0.3, 0.4) is 0 Å². The smallest absolute Gasteiger partial charge is 0.00159 e. The van der Waals surface area contributed by atoms with Crippen LogP contribution in [0.1, 0.15) is 26.7 Å². The Balaban J connectivity index is 2.86. The van der Waals surface area contributed by atoms with Crippen LogP contribution in [-0.4, -0.2) is 17.8 Å². The second-order valence-corrected chi connectivity index (χ2v) is 2.71. The van der Waals surface area contributed by atoms with E-state index in [2.05, 4.69) is 27.9 Å². The molecular formula is C6H16NP. The van der Waals surface area contributed by atoms with Crippen LogP contribution in [0.5, 0.6) is 0 Å². The topological polar surface area (TPSA) is 3.24 Å². The molecule has 2 heteroatoms. The number of nitrogens with zero attached hydrogens (tertiary/aromatic N) is 1. The molecular weight excluding hydrogens is 117 g/mol. The van der Waals surface area contributed by atoms with Gasteiger partial charge >= 0.3 is 0 Å². The maximum absolute atomic E-state index is 2.72. The maximum atomic E-state index is 2.72. The van der Waals surface area contributed by atoms with Crippen molar-refractivity contribution in [1.82, 2.24) is 4.67 Å². The van der Waals surface area contributed by atoms with Crippen molar-refractivity contribution in [3.05, 3.63) is 0 Å². The zero-order valence-corrected chi connectivity index (χ0v) is 7.01. The van der Waals surface area contributed by atoms with E-state index in [1.807, 2.05) is 0 Å². The molecule has 50 valence electrons. The van der Waals surface area contributed by atoms with E-state index in [1.54, 1.807) is 0 Å². The second kappa shape index (κ2) is 5.53. The van der Waals surface area contributed by atoms with Gasteiger partial charge in [0.25, 0.3) is 0 Å². The molecule has 1 nitrogen and oxygen atoms in total. The van der Waals surface area contributed by atoms with E-state index < -0.39 is 0 Å². The predicted octanol–water partition coefficient (Wildman–Crippen LogP) is 1.90. The normalized spacial score (nSPS) is 10.5. The lowest BCUT2D eigenvalue weighted by atomic mass is 10.3. The van der Waals surface area contributed by atoms with Gasteiger partial charge in [0.1, 0.15) is 0 Å². The van der Waals surface area contributed by atoms with Crippen LogP contribution in [0.15, 0.2) is 0 Å². The Bertz CT molecular complexity index is 47.8. The Morgan fingerprint density at radius 3 is 2.38 bits per heavy atom. The molecule has 0 aliphatic carbocycles. The minimum absolute atomic E-state index is 1.14. The molecule has 0 bridgehead atoms. The number of hydrogen-bond acceptors (Lipinski definition) is 1. The van der Waals surface area contributed by atoms with Crippen LogP contribution in [0.25, 0.3) is 0 Å². The summed E-state index contributed by atoms with van der Waals surface area (Å²) in [5.74, 6) is 0. The molecule has 0 radical (unpaired) electrons. The lowest BCUT2D eigenvalue weighted by Gasteiger charge is -2.11. The van der Waals surface area contributed by atoms with E-state index in [0.29, 0.717) is 0 Å². The first kappa shape index (κ1) is 8.39. The van der Waals surface area contributed by atoms with Crippen LogP contribution < -0.4 is 0 Å². The molecule has 8 heavy (non-hydrogen) atoms. The molecule has 0 fully saturated rings. The van der Waals surface area contributed by atoms with Gasteiger partial charge in [-0.2, -0.15) is 0 Å². The van der Waals surface area contributed by atoms with Gasteiger partial charge in [0.2, 0.25) is 0 Å². The van der Waals surface area contributed by atoms with Gasteiger partial charge in [-0.1, -0.05) is 29.7 Å². The molecule has 1 unspecified atom stereocenters. The summed E-state index contributed by atoms with van der Waals surface area (Å²) in [7, 11) is 2.72. The van der Waals surface area contributed by atoms with Gasteiger partial charge in [0, 0.05) is 6.54 Å². The highest BCUT2D eigenvalue weighted by Crippen LogP contribution is 1.99. The first-order valence-corrected chi connectivity index (χ1v) is 3.82. The molecule has 0 aromatic carbocycles. The lowest BCUT2D eigenvalue weighted by Crippen LogP contribution is -2.10. The molecule has 0 heterocycles. The van der Waals surface area contributed by atoms with Gasteiger partial charge in [-0.25, -0.2) is 0 Å². The van der Waals surface area contributed by atoms with Crippen molar-refractivity contribution in [2.24, 2.45) is 0 Å². The van der Waals surface area contributed by atoms with Crippen molar-refractivity contribution in [2.45, 2.75) is 26.7 Å². The van der Waals surface area contributed by atoms with Crippen molar-refractivity contribution in [3.63, 3.8) is 0 Å². The molecule has 0 aromatic rings. The monoisotopic (exact) mass is 133 g/mol. The second-order valence-electron chi connectivity index (χ2n) is 1.98. The molecule has 0 aliphatic heterocycles. The third-order valence-corrected chi connectivity index (χ3v) is 1.83. The first-order chi connectivity index (χ1) is 3.81. The van der Waals surface area contributed by atoms with E-state index >= 15 is 0 Å². The third kappa shape index (κ3) is 4.55. The summed E-state index contributed by atoms with van der Waals surface area (Å²) in [4.78, 5) is 0. The Morgan fingerprint density at radius 1 is 1.38 bits per heavy atom.